The SMILES string of the molecule is Cc1c(C(=O)NCC(=O)O)c(-c2ccccc2)nn1-c1ccccc1. The summed E-state index contributed by atoms with van der Waals surface area (Å²) in [5.41, 5.74) is 3.16. The highest BCUT2D eigenvalue weighted by molar-refractivity contribution is 6.02. The normalized spacial score (nSPS) is 10.4. The zero-order chi connectivity index (χ0) is 17.8. The zero-order valence-electron chi connectivity index (χ0n) is 13.6. The molecule has 1 amide bonds. The minimum Gasteiger partial charge on any atom is -0.480 e. The largest absolute Gasteiger partial charge is 0.480 e. The average Bonchev–Trinajstić information content (AvgIpc) is 2.98. The summed E-state index contributed by atoms with van der Waals surface area (Å²) in [4.78, 5) is 23.3. The summed E-state index contributed by atoms with van der Waals surface area (Å²) in [6, 6.07) is 18.8. The number of carbonyl (C=O) groups excluding carboxylic acids is 1. The van der Waals surface area contributed by atoms with Gasteiger partial charge in [-0.1, -0.05) is 48.5 Å². The number of benzene rings is 2. The van der Waals surface area contributed by atoms with E-state index in [2.05, 4.69) is 10.4 Å². The lowest BCUT2D eigenvalue weighted by molar-refractivity contribution is -0.135. The van der Waals surface area contributed by atoms with Crippen LogP contribution >= 0.6 is 0 Å². The number of rotatable bonds is 5. The molecule has 3 aromatic rings. The minimum atomic E-state index is -1.09. The second-order valence-electron chi connectivity index (χ2n) is 5.50. The van der Waals surface area contributed by atoms with Crippen molar-refractivity contribution in [3.63, 3.8) is 0 Å². The van der Waals surface area contributed by atoms with E-state index in [1.807, 2.05) is 60.7 Å². The Kier molecular flexibility index (Phi) is 4.61. The van der Waals surface area contributed by atoms with Crippen molar-refractivity contribution in [2.24, 2.45) is 0 Å². The number of carboxylic acid groups (broad SMARTS) is 1. The van der Waals surface area contributed by atoms with Gasteiger partial charge in [-0.2, -0.15) is 5.10 Å². The second kappa shape index (κ2) is 7.00. The van der Waals surface area contributed by atoms with E-state index in [0.717, 1.165) is 11.3 Å². The molecule has 0 radical (unpaired) electrons. The molecule has 6 heteroatoms. The summed E-state index contributed by atoms with van der Waals surface area (Å²) in [5.74, 6) is -1.55. The fourth-order valence-electron chi connectivity index (χ4n) is 2.64. The van der Waals surface area contributed by atoms with Crippen molar-refractivity contribution in [1.29, 1.82) is 0 Å². The Bertz CT molecular complexity index is 902. The van der Waals surface area contributed by atoms with E-state index in [1.165, 1.54) is 0 Å². The number of aromatic nitrogens is 2. The molecule has 0 saturated heterocycles. The first-order valence-electron chi connectivity index (χ1n) is 7.78. The van der Waals surface area contributed by atoms with E-state index in [0.29, 0.717) is 17.0 Å². The van der Waals surface area contributed by atoms with Crippen LogP contribution in [0.25, 0.3) is 16.9 Å². The Balaban J connectivity index is 2.12. The minimum absolute atomic E-state index is 0.372. The van der Waals surface area contributed by atoms with Crippen LogP contribution in [0.15, 0.2) is 60.7 Å². The van der Waals surface area contributed by atoms with Crippen LogP contribution in [-0.2, 0) is 4.79 Å². The third kappa shape index (κ3) is 3.42. The second-order valence-corrected chi connectivity index (χ2v) is 5.50. The number of hydrogen-bond acceptors (Lipinski definition) is 3. The lowest BCUT2D eigenvalue weighted by Gasteiger charge is -2.05. The van der Waals surface area contributed by atoms with Crippen molar-refractivity contribution in [2.75, 3.05) is 6.54 Å². The monoisotopic (exact) mass is 335 g/mol. The van der Waals surface area contributed by atoms with E-state index in [1.54, 1.807) is 11.6 Å². The first-order chi connectivity index (χ1) is 12.1. The van der Waals surface area contributed by atoms with E-state index in [-0.39, 0.29) is 0 Å². The smallest absolute Gasteiger partial charge is 0.322 e. The molecule has 25 heavy (non-hydrogen) atoms. The van der Waals surface area contributed by atoms with Crippen LogP contribution in [0.5, 0.6) is 0 Å². The summed E-state index contributed by atoms with van der Waals surface area (Å²) in [5, 5.41) is 15.8. The highest BCUT2D eigenvalue weighted by Gasteiger charge is 2.23. The summed E-state index contributed by atoms with van der Waals surface area (Å²) < 4.78 is 1.69. The van der Waals surface area contributed by atoms with Crippen LogP contribution in [0.3, 0.4) is 0 Å². The van der Waals surface area contributed by atoms with Crippen molar-refractivity contribution in [2.45, 2.75) is 6.92 Å². The van der Waals surface area contributed by atoms with Crippen LogP contribution in [0.2, 0.25) is 0 Å². The molecule has 126 valence electrons. The molecule has 0 aliphatic heterocycles. The molecule has 1 aromatic heterocycles. The summed E-state index contributed by atoms with van der Waals surface area (Å²) in [6.45, 7) is 1.35. The first-order valence-corrected chi connectivity index (χ1v) is 7.78. The quantitative estimate of drug-likeness (QED) is 0.751. The molecular formula is C19H17N3O3. The third-order valence-corrected chi connectivity index (χ3v) is 3.79. The van der Waals surface area contributed by atoms with Crippen molar-refractivity contribution >= 4 is 11.9 Å². The maximum absolute atomic E-state index is 12.6. The molecule has 0 aliphatic carbocycles. The van der Waals surface area contributed by atoms with Gasteiger partial charge in [0, 0.05) is 5.56 Å². The fourth-order valence-corrected chi connectivity index (χ4v) is 2.64. The van der Waals surface area contributed by atoms with Gasteiger partial charge in [0.1, 0.15) is 12.2 Å². The molecule has 1 heterocycles. The number of carbonyl (C=O) groups is 2. The van der Waals surface area contributed by atoms with Gasteiger partial charge in [0.25, 0.3) is 5.91 Å². The maximum Gasteiger partial charge on any atom is 0.322 e. The number of amides is 1. The fraction of sp³-hybridized carbons (Fsp3) is 0.105. The highest BCUT2D eigenvalue weighted by Crippen LogP contribution is 2.27. The highest BCUT2D eigenvalue weighted by atomic mass is 16.4. The number of para-hydroxylation sites is 1. The lowest BCUT2D eigenvalue weighted by atomic mass is 10.1. The summed E-state index contributed by atoms with van der Waals surface area (Å²) in [7, 11) is 0. The molecule has 0 bridgehead atoms. The molecule has 0 unspecified atom stereocenters. The van der Waals surface area contributed by atoms with E-state index in [9.17, 15) is 9.59 Å². The lowest BCUT2D eigenvalue weighted by Crippen LogP contribution is -2.29. The summed E-state index contributed by atoms with van der Waals surface area (Å²) in [6.07, 6.45) is 0. The van der Waals surface area contributed by atoms with Gasteiger partial charge < -0.3 is 10.4 Å². The van der Waals surface area contributed by atoms with E-state index >= 15 is 0 Å². The number of aliphatic carboxylic acids is 1. The predicted octanol–water partition coefficient (Wildman–Crippen LogP) is 2.66. The van der Waals surface area contributed by atoms with Crippen molar-refractivity contribution in [1.82, 2.24) is 15.1 Å². The van der Waals surface area contributed by atoms with Gasteiger partial charge in [0.05, 0.1) is 16.9 Å². The van der Waals surface area contributed by atoms with E-state index in [4.69, 9.17) is 5.11 Å². The molecule has 0 fully saturated rings. The van der Waals surface area contributed by atoms with Crippen molar-refractivity contribution in [3.8, 4) is 16.9 Å². The molecule has 3 rings (SSSR count). The van der Waals surface area contributed by atoms with Crippen LogP contribution in [0, 0.1) is 6.92 Å². The first kappa shape index (κ1) is 16.4. The average molecular weight is 335 g/mol. The Morgan fingerprint density at radius 1 is 1.04 bits per heavy atom. The Morgan fingerprint density at radius 2 is 1.64 bits per heavy atom. The molecular weight excluding hydrogens is 318 g/mol. The molecule has 0 aliphatic rings. The topological polar surface area (TPSA) is 84.2 Å². The predicted molar refractivity (Wildman–Crippen MR) is 93.7 cm³/mol. The number of nitrogens with one attached hydrogen (secondary N) is 1. The van der Waals surface area contributed by atoms with E-state index < -0.39 is 18.4 Å². The molecule has 2 aromatic carbocycles. The van der Waals surface area contributed by atoms with Gasteiger partial charge in [0.15, 0.2) is 0 Å². The molecule has 0 spiro atoms. The van der Waals surface area contributed by atoms with Crippen molar-refractivity contribution < 1.29 is 14.7 Å². The molecule has 0 saturated carbocycles. The van der Waals surface area contributed by atoms with Gasteiger partial charge in [-0.15, -0.1) is 0 Å². The number of hydrogen-bond donors (Lipinski definition) is 2. The summed E-state index contributed by atoms with van der Waals surface area (Å²) >= 11 is 0. The molecule has 0 atom stereocenters. The third-order valence-electron chi connectivity index (χ3n) is 3.79. The van der Waals surface area contributed by atoms with Gasteiger partial charge in [-0.3, -0.25) is 9.59 Å². The Labute approximate surface area is 144 Å². The zero-order valence-corrected chi connectivity index (χ0v) is 13.6. The van der Waals surface area contributed by atoms with Crippen LogP contribution in [0.4, 0.5) is 0 Å². The molecule has 2 N–H and O–H groups in total. The van der Waals surface area contributed by atoms with Gasteiger partial charge in [0.2, 0.25) is 0 Å². The van der Waals surface area contributed by atoms with Gasteiger partial charge >= 0.3 is 5.97 Å². The number of nitrogens with zero attached hydrogens (tertiary/aromatic N) is 2. The van der Waals surface area contributed by atoms with Crippen molar-refractivity contribution in [3.05, 3.63) is 71.9 Å². The molecule has 6 nitrogen and oxygen atoms in total. The maximum atomic E-state index is 12.6. The van der Waals surface area contributed by atoms with Crippen LogP contribution in [-0.4, -0.2) is 33.3 Å². The van der Waals surface area contributed by atoms with Gasteiger partial charge in [-0.05, 0) is 19.1 Å². The standard InChI is InChI=1S/C19H17N3O3/c1-13-17(19(25)20-12-16(23)24)18(14-8-4-2-5-9-14)21-22(13)15-10-6-3-7-11-15/h2-11H,12H2,1H3,(H,20,25)(H,23,24). The Morgan fingerprint density at radius 3 is 2.24 bits per heavy atom. The Hall–Kier alpha value is -3.41. The van der Waals surface area contributed by atoms with Crippen LogP contribution in [0.1, 0.15) is 16.1 Å². The van der Waals surface area contributed by atoms with Gasteiger partial charge in [-0.25, -0.2) is 4.68 Å². The number of carboxylic acids is 1. The van der Waals surface area contributed by atoms with Crippen LogP contribution < -0.4 is 5.32 Å².